The molecule has 11 aromatic carbocycles. The molecule has 12 aromatic rings. The third-order valence-electron chi connectivity index (χ3n) is 15.5. The maximum absolute atomic E-state index is 5.55. The summed E-state index contributed by atoms with van der Waals surface area (Å²) in [5.74, 6) is 0.685. The molecule has 2 nitrogen and oxygen atoms in total. The van der Waals surface area contributed by atoms with Crippen LogP contribution in [0.15, 0.2) is 279 Å². The maximum Gasteiger partial charge on any atom is 0.160 e. The fourth-order valence-electron chi connectivity index (χ4n) is 12.6. The molecular formula is C70H46N2. The van der Waals surface area contributed by atoms with Crippen LogP contribution < -0.4 is 0 Å². The van der Waals surface area contributed by atoms with Crippen molar-refractivity contribution in [1.82, 2.24) is 9.97 Å². The fourth-order valence-corrected chi connectivity index (χ4v) is 12.6. The lowest BCUT2D eigenvalue weighted by Gasteiger charge is -2.35. The first kappa shape index (κ1) is 41.7. The van der Waals surface area contributed by atoms with Gasteiger partial charge in [0.05, 0.1) is 22.2 Å². The molecule has 0 saturated carbocycles. The molecule has 0 N–H and O–H groups in total. The molecule has 14 rings (SSSR count). The zero-order valence-corrected chi connectivity index (χ0v) is 39.5. The molecule has 72 heavy (non-hydrogen) atoms. The van der Waals surface area contributed by atoms with Gasteiger partial charge < -0.3 is 0 Å². The minimum atomic E-state index is -0.607. The van der Waals surface area contributed by atoms with E-state index < -0.39 is 10.8 Å². The second kappa shape index (κ2) is 16.7. The smallest absolute Gasteiger partial charge is 0.160 e. The van der Waals surface area contributed by atoms with Gasteiger partial charge in [-0.3, -0.25) is 0 Å². The summed E-state index contributed by atoms with van der Waals surface area (Å²) in [5.41, 5.74) is 21.2. The predicted molar refractivity (Wildman–Crippen MR) is 296 cm³/mol. The minimum absolute atomic E-state index is 0.497. The Morgan fingerprint density at radius 1 is 0.250 bits per heavy atom. The van der Waals surface area contributed by atoms with E-state index in [4.69, 9.17) is 9.97 Å². The fraction of sp³-hybridized carbons (Fsp3) is 0.0286. The van der Waals surface area contributed by atoms with Crippen LogP contribution in [0.5, 0.6) is 0 Å². The first-order valence-electron chi connectivity index (χ1n) is 24.9. The lowest BCUT2D eigenvalue weighted by molar-refractivity contribution is 0.768. The van der Waals surface area contributed by atoms with Crippen LogP contribution in [0.1, 0.15) is 44.5 Å². The number of hydrogen-bond acceptors (Lipinski definition) is 2. The van der Waals surface area contributed by atoms with Crippen molar-refractivity contribution in [3.8, 4) is 67.3 Å². The quantitative estimate of drug-likeness (QED) is 0.152. The van der Waals surface area contributed by atoms with E-state index in [0.717, 1.165) is 33.5 Å². The van der Waals surface area contributed by atoms with Gasteiger partial charge in [0.2, 0.25) is 0 Å². The molecule has 0 bridgehead atoms. The Bertz CT molecular complexity index is 3940. The summed E-state index contributed by atoms with van der Waals surface area (Å²) in [4.78, 5) is 11.1. The van der Waals surface area contributed by atoms with Gasteiger partial charge in [-0.1, -0.05) is 273 Å². The standard InChI is InChI=1S/C70H46N2/c1-6-24-47(25-7-1)68-71-64(46-65(72-68)60-40-22-39-58-55-36-18-20-41-61(55)70(67(58)60,50-30-12-4-13-31-50)51-32-14-5-15-33-51)56-45-44-54(52-34-16-17-35-53(52)56)57-38-23-43-63-66(57)59-37-19-21-42-62(59)69(63,48-26-8-2-9-27-48)49-28-10-3-11-29-49/h1-46H. The molecule has 0 saturated heterocycles. The average Bonchev–Trinajstić information content (AvgIpc) is 3.95. The monoisotopic (exact) mass is 914 g/mol. The van der Waals surface area contributed by atoms with Gasteiger partial charge in [0.15, 0.2) is 5.82 Å². The molecule has 0 aliphatic heterocycles. The number of fused-ring (bicyclic) bond motifs is 7. The zero-order valence-electron chi connectivity index (χ0n) is 39.5. The van der Waals surface area contributed by atoms with Crippen LogP contribution in [-0.4, -0.2) is 9.97 Å². The van der Waals surface area contributed by atoms with Crippen molar-refractivity contribution in [3.63, 3.8) is 0 Å². The topological polar surface area (TPSA) is 25.8 Å². The molecular weight excluding hydrogens is 869 g/mol. The van der Waals surface area contributed by atoms with Crippen LogP contribution in [0.25, 0.3) is 78.1 Å². The van der Waals surface area contributed by atoms with Gasteiger partial charge in [-0.25, -0.2) is 9.97 Å². The van der Waals surface area contributed by atoms with Gasteiger partial charge in [0.25, 0.3) is 0 Å². The Hall–Kier alpha value is -9.24. The lowest BCUT2D eigenvalue weighted by atomic mass is 9.66. The molecule has 2 heteroatoms. The Morgan fingerprint density at radius 2 is 0.653 bits per heavy atom. The molecule has 336 valence electrons. The van der Waals surface area contributed by atoms with E-state index in [1.165, 1.54) is 83.3 Å². The molecule has 0 amide bonds. The highest BCUT2D eigenvalue weighted by Gasteiger charge is 2.49. The van der Waals surface area contributed by atoms with Crippen LogP contribution in [0.4, 0.5) is 0 Å². The van der Waals surface area contributed by atoms with E-state index in [-0.39, 0.29) is 0 Å². The third kappa shape index (κ3) is 6.09. The summed E-state index contributed by atoms with van der Waals surface area (Å²) in [6.07, 6.45) is 0. The molecule has 2 aliphatic carbocycles. The summed E-state index contributed by atoms with van der Waals surface area (Å²) in [6.45, 7) is 0. The second-order valence-electron chi connectivity index (χ2n) is 19.0. The van der Waals surface area contributed by atoms with E-state index >= 15 is 0 Å². The number of hydrogen-bond donors (Lipinski definition) is 0. The van der Waals surface area contributed by atoms with Gasteiger partial charge in [0.1, 0.15) is 0 Å². The Balaban J connectivity index is 1.01. The third-order valence-corrected chi connectivity index (χ3v) is 15.5. The molecule has 1 heterocycles. The van der Waals surface area contributed by atoms with Crippen molar-refractivity contribution in [3.05, 3.63) is 324 Å². The molecule has 0 spiro atoms. The first-order valence-corrected chi connectivity index (χ1v) is 24.9. The van der Waals surface area contributed by atoms with Gasteiger partial charge >= 0.3 is 0 Å². The molecule has 0 fully saturated rings. The molecule has 0 radical (unpaired) electrons. The summed E-state index contributed by atoms with van der Waals surface area (Å²) in [5, 5.41) is 2.30. The van der Waals surface area contributed by atoms with Gasteiger partial charge in [-0.15, -0.1) is 0 Å². The van der Waals surface area contributed by atoms with Crippen molar-refractivity contribution in [2.24, 2.45) is 0 Å². The van der Waals surface area contributed by atoms with Crippen molar-refractivity contribution in [2.75, 3.05) is 0 Å². The summed E-state index contributed by atoms with van der Waals surface area (Å²) < 4.78 is 0. The number of nitrogens with zero attached hydrogens (tertiary/aromatic N) is 2. The molecule has 1 aromatic heterocycles. The van der Waals surface area contributed by atoms with Crippen LogP contribution in [0.3, 0.4) is 0 Å². The van der Waals surface area contributed by atoms with Crippen LogP contribution >= 0.6 is 0 Å². The second-order valence-corrected chi connectivity index (χ2v) is 19.0. The van der Waals surface area contributed by atoms with E-state index in [9.17, 15) is 0 Å². The van der Waals surface area contributed by atoms with E-state index in [2.05, 4.69) is 279 Å². The van der Waals surface area contributed by atoms with Crippen molar-refractivity contribution in [2.45, 2.75) is 10.8 Å². The first-order chi connectivity index (χ1) is 35.7. The summed E-state index contributed by atoms with van der Waals surface area (Å²) in [7, 11) is 0. The minimum Gasteiger partial charge on any atom is -0.228 e. The van der Waals surface area contributed by atoms with Gasteiger partial charge in [0, 0.05) is 16.7 Å². The van der Waals surface area contributed by atoms with E-state index in [1.54, 1.807) is 0 Å². The van der Waals surface area contributed by atoms with Crippen LogP contribution in [0, 0.1) is 0 Å². The molecule has 0 atom stereocenters. The Morgan fingerprint density at radius 3 is 1.26 bits per heavy atom. The van der Waals surface area contributed by atoms with Gasteiger partial charge in [-0.05, 0) is 94.7 Å². The number of rotatable bonds is 8. The van der Waals surface area contributed by atoms with Crippen molar-refractivity contribution >= 4 is 10.8 Å². The highest BCUT2D eigenvalue weighted by atomic mass is 14.9. The summed E-state index contributed by atoms with van der Waals surface area (Å²) in [6, 6.07) is 102. The normalized spacial score (nSPS) is 13.5. The molecule has 0 unspecified atom stereocenters. The summed E-state index contributed by atoms with van der Waals surface area (Å²) >= 11 is 0. The highest BCUT2D eigenvalue weighted by molar-refractivity contribution is 6.08. The van der Waals surface area contributed by atoms with Crippen LogP contribution in [-0.2, 0) is 10.8 Å². The van der Waals surface area contributed by atoms with E-state index in [1.807, 2.05) is 0 Å². The largest absolute Gasteiger partial charge is 0.228 e. The van der Waals surface area contributed by atoms with Gasteiger partial charge in [-0.2, -0.15) is 0 Å². The maximum atomic E-state index is 5.55. The highest BCUT2D eigenvalue weighted by Crippen LogP contribution is 2.60. The number of aromatic nitrogens is 2. The lowest BCUT2D eigenvalue weighted by Crippen LogP contribution is -2.29. The Kier molecular flexibility index (Phi) is 9.69. The van der Waals surface area contributed by atoms with Crippen molar-refractivity contribution in [1.29, 1.82) is 0 Å². The average molecular weight is 915 g/mol. The molecule has 2 aliphatic rings. The zero-order chi connectivity index (χ0) is 47.6. The van der Waals surface area contributed by atoms with E-state index in [0.29, 0.717) is 5.82 Å². The number of benzene rings is 11. The van der Waals surface area contributed by atoms with Crippen LogP contribution in [0.2, 0.25) is 0 Å². The SMILES string of the molecule is c1ccc(-c2nc(-c3cccc4c3C(c3ccccc3)(c3ccccc3)c3ccccc3-4)cc(-c3ccc(-c4cccc5c4-c4ccccc4C5(c4ccccc4)c4ccccc4)c4ccccc34)n2)cc1. The Labute approximate surface area is 420 Å². The van der Waals surface area contributed by atoms with Crippen molar-refractivity contribution < 1.29 is 0 Å². The predicted octanol–water partition coefficient (Wildman–Crippen LogP) is 17.0.